The zero-order chi connectivity index (χ0) is 14.2. The zero-order valence-corrected chi connectivity index (χ0v) is 11.9. The summed E-state index contributed by atoms with van der Waals surface area (Å²) in [6.07, 6.45) is 2.04. The predicted molar refractivity (Wildman–Crippen MR) is 81.9 cm³/mol. The topological polar surface area (TPSA) is 44.5 Å². The minimum atomic E-state index is 0.166. The van der Waals surface area contributed by atoms with Crippen LogP contribution in [0.2, 0.25) is 0 Å². The highest BCUT2D eigenvalue weighted by Crippen LogP contribution is 2.37. The number of rotatable bonds is 3. The number of hydrogen-bond donors (Lipinski definition) is 1. The molecule has 2 atom stereocenters. The van der Waals surface area contributed by atoms with E-state index < -0.39 is 0 Å². The maximum atomic E-state index is 6.12. The molecular weight excluding hydrogens is 262 g/mol. The third kappa shape index (κ3) is 2.18. The highest BCUT2D eigenvalue weighted by atomic mass is 16.5. The maximum Gasteiger partial charge on any atom is 0.123 e. The van der Waals surface area contributed by atoms with E-state index >= 15 is 0 Å². The summed E-state index contributed by atoms with van der Waals surface area (Å²) in [7, 11) is 0. The van der Waals surface area contributed by atoms with Gasteiger partial charge in [-0.3, -0.25) is 0 Å². The first-order valence-corrected chi connectivity index (χ1v) is 7.55. The number of benzene rings is 2. The lowest BCUT2D eigenvalue weighted by Crippen LogP contribution is -2.12. The minimum Gasteiger partial charge on any atom is -0.493 e. The van der Waals surface area contributed by atoms with Crippen molar-refractivity contribution in [2.45, 2.75) is 24.8 Å². The molecule has 2 aromatic carbocycles. The third-order valence-electron chi connectivity index (χ3n) is 4.51. The lowest BCUT2D eigenvalue weighted by molar-refractivity contribution is 0.247. The van der Waals surface area contributed by atoms with Crippen molar-refractivity contribution in [1.82, 2.24) is 0 Å². The standard InChI is InChI=1S/C18H19NO2/c19-16-9-8-15-14(16)5-3-7-18(15)21-11-12-10-20-17-6-2-1-4-13(12)17/h1-7,12,16H,8-11,19H2. The summed E-state index contributed by atoms with van der Waals surface area (Å²) in [5.74, 6) is 2.29. The van der Waals surface area contributed by atoms with Crippen LogP contribution in [0.3, 0.4) is 0 Å². The first-order valence-electron chi connectivity index (χ1n) is 7.55. The van der Waals surface area contributed by atoms with Crippen LogP contribution in [0.4, 0.5) is 0 Å². The normalized spacial score (nSPS) is 22.5. The van der Waals surface area contributed by atoms with Crippen LogP contribution in [0.25, 0.3) is 0 Å². The van der Waals surface area contributed by atoms with E-state index in [4.69, 9.17) is 15.2 Å². The van der Waals surface area contributed by atoms with Gasteiger partial charge in [0, 0.05) is 11.6 Å². The molecule has 0 aromatic heterocycles. The Morgan fingerprint density at radius 3 is 2.90 bits per heavy atom. The van der Waals surface area contributed by atoms with Crippen molar-refractivity contribution in [2.75, 3.05) is 13.2 Å². The number of para-hydroxylation sites is 1. The van der Waals surface area contributed by atoms with Crippen LogP contribution in [-0.2, 0) is 6.42 Å². The van der Waals surface area contributed by atoms with Crippen molar-refractivity contribution < 1.29 is 9.47 Å². The van der Waals surface area contributed by atoms with E-state index in [2.05, 4.69) is 24.3 Å². The SMILES string of the molecule is NC1CCc2c(OCC3COc4ccccc43)cccc21. The van der Waals surface area contributed by atoms with Crippen LogP contribution in [0.5, 0.6) is 11.5 Å². The second-order valence-electron chi connectivity index (χ2n) is 5.83. The molecule has 3 heteroatoms. The summed E-state index contributed by atoms with van der Waals surface area (Å²) >= 11 is 0. The Labute approximate surface area is 124 Å². The number of ether oxygens (including phenoxy) is 2. The molecule has 2 N–H and O–H groups in total. The van der Waals surface area contributed by atoms with E-state index in [1.807, 2.05) is 18.2 Å². The lowest BCUT2D eigenvalue weighted by Gasteiger charge is -2.14. The van der Waals surface area contributed by atoms with Crippen molar-refractivity contribution in [3.63, 3.8) is 0 Å². The molecule has 21 heavy (non-hydrogen) atoms. The molecule has 108 valence electrons. The molecule has 0 saturated heterocycles. The Hall–Kier alpha value is -2.00. The first kappa shape index (κ1) is 12.7. The fourth-order valence-corrected chi connectivity index (χ4v) is 3.35. The van der Waals surface area contributed by atoms with Crippen molar-refractivity contribution in [1.29, 1.82) is 0 Å². The molecule has 0 bridgehead atoms. The zero-order valence-electron chi connectivity index (χ0n) is 11.9. The van der Waals surface area contributed by atoms with E-state index in [0.29, 0.717) is 19.1 Å². The number of nitrogens with two attached hydrogens (primary N) is 1. The van der Waals surface area contributed by atoms with Crippen molar-refractivity contribution in [2.24, 2.45) is 5.73 Å². The van der Waals surface area contributed by atoms with Gasteiger partial charge in [0.25, 0.3) is 0 Å². The summed E-state index contributed by atoms with van der Waals surface area (Å²) in [6, 6.07) is 14.6. The molecule has 4 rings (SSSR count). The van der Waals surface area contributed by atoms with Crippen molar-refractivity contribution >= 4 is 0 Å². The summed E-state index contributed by atoms with van der Waals surface area (Å²) in [6.45, 7) is 1.36. The molecule has 1 aliphatic heterocycles. The molecular formula is C18H19NO2. The van der Waals surface area contributed by atoms with Crippen LogP contribution in [0.1, 0.15) is 35.1 Å². The Morgan fingerprint density at radius 2 is 1.95 bits per heavy atom. The summed E-state index contributed by atoms with van der Waals surface area (Å²) in [5, 5.41) is 0. The van der Waals surface area contributed by atoms with Crippen molar-refractivity contribution in [3.8, 4) is 11.5 Å². The monoisotopic (exact) mass is 281 g/mol. The Kier molecular flexibility index (Phi) is 3.08. The van der Waals surface area contributed by atoms with Gasteiger partial charge in [-0.2, -0.15) is 0 Å². The molecule has 2 unspecified atom stereocenters. The smallest absolute Gasteiger partial charge is 0.123 e. The average Bonchev–Trinajstić information content (AvgIpc) is 3.10. The van der Waals surface area contributed by atoms with E-state index in [1.165, 1.54) is 16.7 Å². The predicted octanol–water partition coefficient (Wildman–Crippen LogP) is 3.19. The van der Waals surface area contributed by atoms with Gasteiger partial charge in [0.1, 0.15) is 11.5 Å². The molecule has 0 radical (unpaired) electrons. The molecule has 2 aliphatic rings. The van der Waals surface area contributed by atoms with Crippen LogP contribution in [0.15, 0.2) is 42.5 Å². The molecule has 2 aromatic rings. The van der Waals surface area contributed by atoms with Gasteiger partial charge >= 0.3 is 0 Å². The summed E-state index contributed by atoms with van der Waals surface area (Å²) in [5.41, 5.74) is 9.91. The van der Waals surface area contributed by atoms with Crippen LogP contribution in [-0.4, -0.2) is 13.2 Å². The van der Waals surface area contributed by atoms with Crippen LogP contribution >= 0.6 is 0 Å². The summed E-state index contributed by atoms with van der Waals surface area (Å²) in [4.78, 5) is 0. The molecule has 1 heterocycles. The maximum absolute atomic E-state index is 6.12. The van der Waals surface area contributed by atoms with Crippen molar-refractivity contribution in [3.05, 3.63) is 59.2 Å². The molecule has 0 spiro atoms. The van der Waals surface area contributed by atoms with E-state index in [0.717, 1.165) is 24.3 Å². The highest BCUT2D eigenvalue weighted by molar-refractivity contribution is 5.45. The van der Waals surface area contributed by atoms with Gasteiger partial charge in [-0.05, 0) is 36.1 Å². The Morgan fingerprint density at radius 1 is 1.10 bits per heavy atom. The van der Waals surface area contributed by atoms with E-state index in [9.17, 15) is 0 Å². The lowest BCUT2D eigenvalue weighted by atomic mass is 10.0. The van der Waals surface area contributed by atoms with Gasteiger partial charge in [-0.25, -0.2) is 0 Å². The molecule has 1 aliphatic carbocycles. The van der Waals surface area contributed by atoms with Gasteiger partial charge in [0.2, 0.25) is 0 Å². The molecule has 0 amide bonds. The average molecular weight is 281 g/mol. The van der Waals surface area contributed by atoms with E-state index in [1.54, 1.807) is 0 Å². The number of hydrogen-bond acceptors (Lipinski definition) is 3. The fourth-order valence-electron chi connectivity index (χ4n) is 3.35. The largest absolute Gasteiger partial charge is 0.493 e. The van der Waals surface area contributed by atoms with Gasteiger partial charge in [0.05, 0.1) is 19.1 Å². The van der Waals surface area contributed by atoms with Gasteiger partial charge in [-0.1, -0.05) is 30.3 Å². The first-order chi connectivity index (χ1) is 10.3. The second kappa shape index (κ2) is 5.08. The van der Waals surface area contributed by atoms with Gasteiger partial charge in [-0.15, -0.1) is 0 Å². The highest BCUT2D eigenvalue weighted by Gasteiger charge is 2.26. The van der Waals surface area contributed by atoms with Crippen LogP contribution in [0, 0.1) is 0 Å². The van der Waals surface area contributed by atoms with Gasteiger partial charge < -0.3 is 15.2 Å². The van der Waals surface area contributed by atoms with Gasteiger partial charge in [0.15, 0.2) is 0 Å². The minimum absolute atomic E-state index is 0.166. The molecule has 0 fully saturated rings. The molecule has 0 saturated carbocycles. The second-order valence-corrected chi connectivity index (χ2v) is 5.83. The fraction of sp³-hybridized carbons (Fsp3) is 0.333. The molecule has 3 nitrogen and oxygen atoms in total. The quantitative estimate of drug-likeness (QED) is 0.939. The Balaban J connectivity index is 1.52. The Bertz CT molecular complexity index is 668. The third-order valence-corrected chi connectivity index (χ3v) is 4.51. The van der Waals surface area contributed by atoms with E-state index in [-0.39, 0.29) is 6.04 Å². The van der Waals surface area contributed by atoms with Crippen LogP contribution < -0.4 is 15.2 Å². The number of fused-ring (bicyclic) bond motifs is 2. The summed E-state index contributed by atoms with van der Waals surface area (Å²) < 4.78 is 11.8.